The topological polar surface area (TPSA) is 85.2 Å². The molecule has 26 heavy (non-hydrogen) atoms. The van der Waals surface area contributed by atoms with Gasteiger partial charge in [0.1, 0.15) is 11.6 Å². The Hall–Kier alpha value is -2.83. The number of carbonyl (C=O) groups excluding carboxylic acids is 2. The van der Waals surface area contributed by atoms with Crippen LogP contribution in [0.3, 0.4) is 0 Å². The third kappa shape index (κ3) is 6.23. The van der Waals surface area contributed by atoms with Crippen molar-refractivity contribution in [2.24, 2.45) is 0 Å². The molecule has 2 amide bonds. The number of carbonyl (C=O) groups is 2. The molecule has 1 atom stereocenters. The van der Waals surface area contributed by atoms with E-state index in [9.17, 15) is 9.59 Å². The van der Waals surface area contributed by atoms with Gasteiger partial charge in [0.25, 0.3) is 0 Å². The van der Waals surface area contributed by atoms with Crippen molar-refractivity contribution in [2.75, 3.05) is 0 Å². The number of alkyl carbamates (subject to hydrolysis) is 1. The molecule has 0 aliphatic rings. The molecule has 0 aliphatic heterocycles. The quantitative estimate of drug-likeness (QED) is 0.831. The van der Waals surface area contributed by atoms with Crippen LogP contribution in [0.25, 0.3) is 0 Å². The number of nitrogens with zero attached hydrogens (tertiary/aromatic N) is 2. The van der Waals surface area contributed by atoms with Crippen LogP contribution in [-0.4, -0.2) is 33.2 Å². The second-order valence-corrected chi connectivity index (χ2v) is 7.09. The van der Waals surface area contributed by atoms with E-state index in [1.807, 2.05) is 35.0 Å². The molecule has 140 valence electrons. The molecule has 2 N–H and O–H groups in total. The molecule has 0 spiro atoms. The van der Waals surface area contributed by atoms with Crippen molar-refractivity contribution in [3.8, 4) is 0 Å². The highest BCUT2D eigenvalue weighted by atomic mass is 16.6. The second kappa shape index (κ2) is 8.51. The van der Waals surface area contributed by atoms with Crippen molar-refractivity contribution in [1.82, 2.24) is 20.2 Å². The fourth-order valence-corrected chi connectivity index (χ4v) is 2.35. The number of rotatable bonds is 6. The Morgan fingerprint density at radius 2 is 1.92 bits per heavy atom. The number of benzene rings is 1. The van der Waals surface area contributed by atoms with Gasteiger partial charge in [0, 0.05) is 25.5 Å². The summed E-state index contributed by atoms with van der Waals surface area (Å²) in [6, 6.07) is 7.19. The van der Waals surface area contributed by atoms with E-state index in [1.54, 1.807) is 40.2 Å². The van der Waals surface area contributed by atoms with Crippen LogP contribution in [0.15, 0.2) is 43.0 Å². The van der Waals surface area contributed by atoms with Crippen LogP contribution in [0.1, 0.15) is 38.8 Å². The number of amides is 2. The number of hydrogen-bond donors (Lipinski definition) is 2. The normalized spacial score (nSPS) is 12.3. The molecule has 1 aromatic carbocycles. The number of nitrogens with one attached hydrogen (secondary N) is 2. The first-order valence-corrected chi connectivity index (χ1v) is 8.54. The molecule has 2 rings (SSSR count). The zero-order valence-electron chi connectivity index (χ0n) is 15.7. The first-order chi connectivity index (χ1) is 12.2. The summed E-state index contributed by atoms with van der Waals surface area (Å²) in [5.41, 5.74) is 1.50. The maximum Gasteiger partial charge on any atom is 0.408 e. The van der Waals surface area contributed by atoms with Crippen molar-refractivity contribution in [3.63, 3.8) is 0 Å². The highest BCUT2D eigenvalue weighted by Crippen LogP contribution is 2.11. The molecular weight excluding hydrogens is 332 g/mol. The van der Waals surface area contributed by atoms with Gasteiger partial charge in [-0.25, -0.2) is 9.78 Å². The first-order valence-electron chi connectivity index (χ1n) is 8.54. The van der Waals surface area contributed by atoms with Gasteiger partial charge >= 0.3 is 6.09 Å². The Bertz CT molecular complexity index is 735. The van der Waals surface area contributed by atoms with Crippen LogP contribution in [0.2, 0.25) is 0 Å². The van der Waals surface area contributed by atoms with E-state index in [0.29, 0.717) is 13.1 Å². The predicted molar refractivity (Wildman–Crippen MR) is 98.4 cm³/mol. The standard InChI is InChI=1S/C19H26N4O3/c1-14(22-18(25)26-19(2,3)4)17(24)21-11-15-7-5-6-8-16(15)12-23-10-9-20-13-23/h5-10,13-14H,11-12H2,1-4H3,(H,21,24)(H,22,25)/t14-/m1/s1. The van der Waals surface area contributed by atoms with Crippen molar-refractivity contribution in [3.05, 3.63) is 54.1 Å². The highest BCUT2D eigenvalue weighted by Gasteiger charge is 2.21. The molecule has 1 heterocycles. The predicted octanol–water partition coefficient (Wildman–Crippen LogP) is 2.46. The molecule has 0 radical (unpaired) electrons. The molecule has 0 bridgehead atoms. The minimum Gasteiger partial charge on any atom is -0.444 e. The fourth-order valence-electron chi connectivity index (χ4n) is 2.35. The van der Waals surface area contributed by atoms with Crippen molar-refractivity contribution >= 4 is 12.0 Å². The van der Waals surface area contributed by atoms with Crippen LogP contribution in [-0.2, 0) is 22.6 Å². The summed E-state index contributed by atoms with van der Waals surface area (Å²) < 4.78 is 7.13. The third-order valence-corrected chi connectivity index (χ3v) is 3.61. The average molecular weight is 358 g/mol. The maximum atomic E-state index is 12.2. The summed E-state index contributed by atoms with van der Waals surface area (Å²) in [7, 11) is 0. The second-order valence-electron chi connectivity index (χ2n) is 7.09. The summed E-state index contributed by atoms with van der Waals surface area (Å²) in [5, 5.41) is 5.39. The lowest BCUT2D eigenvalue weighted by atomic mass is 10.1. The summed E-state index contributed by atoms with van der Waals surface area (Å²) >= 11 is 0. The summed E-state index contributed by atoms with van der Waals surface area (Å²) in [6.07, 6.45) is 4.76. The summed E-state index contributed by atoms with van der Waals surface area (Å²) in [5.74, 6) is -0.270. The van der Waals surface area contributed by atoms with Gasteiger partial charge in [-0.3, -0.25) is 4.79 Å². The molecule has 0 aliphatic carbocycles. The van der Waals surface area contributed by atoms with Crippen molar-refractivity contribution in [2.45, 2.75) is 52.4 Å². The Morgan fingerprint density at radius 1 is 1.23 bits per heavy atom. The molecular formula is C19H26N4O3. The Labute approximate surface area is 153 Å². The lowest BCUT2D eigenvalue weighted by Gasteiger charge is -2.21. The van der Waals surface area contributed by atoms with E-state index in [0.717, 1.165) is 11.1 Å². The minimum absolute atomic E-state index is 0.270. The van der Waals surface area contributed by atoms with Crippen LogP contribution in [0.4, 0.5) is 4.79 Å². The average Bonchev–Trinajstić information content (AvgIpc) is 3.04. The lowest BCUT2D eigenvalue weighted by Crippen LogP contribution is -2.46. The zero-order chi connectivity index (χ0) is 19.2. The van der Waals surface area contributed by atoms with Gasteiger partial charge in [0.05, 0.1) is 6.33 Å². The molecule has 0 saturated carbocycles. The van der Waals surface area contributed by atoms with Gasteiger partial charge in [-0.2, -0.15) is 0 Å². The molecule has 7 heteroatoms. The van der Waals surface area contributed by atoms with E-state index in [1.165, 1.54) is 0 Å². The van der Waals surface area contributed by atoms with Gasteiger partial charge in [-0.05, 0) is 38.8 Å². The largest absolute Gasteiger partial charge is 0.444 e. The lowest BCUT2D eigenvalue weighted by molar-refractivity contribution is -0.122. The van der Waals surface area contributed by atoms with E-state index in [-0.39, 0.29) is 5.91 Å². The van der Waals surface area contributed by atoms with Crippen LogP contribution in [0.5, 0.6) is 0 Å². The van der Waals surface area contributed by atoms with Gasteiger partial charge < -0.3 is 19.9 Å². The van der Waals surface area contributed by atoms with Gasteiger partial charge in [0.15, 0.2) is 0 Å². The summed E-state index contributed by atoms with van der Waals surface area (Å²) in [4.78, 5) is 28.0. The van der Waals surface area contributed by atoms with E-state index in [2.05, 4.69) is 15.6 Å². The third-order valence-electron chi connectivity index (χ3n) is 3.61. The number of hydrogen-bond acceptors (Lipinski definition) is 4. The molecule has 1 aromatic heterocycles. The maximum absolute atomic E-state index is 12.2. The van der Waals surface area contributed by atoms with Gasteiger partial charge in [-0.1, -0.05) is 24.3 Å². The van der Waals surface area contributed by atoms with Crippen molar-refractivity contribution in [1.29, 1.82) is 0 Å². The molecule has 0 fully saturated rings. The Morgan fingerprint density at radius 3 is 2.54 bits per heavy atom. The van der Waals surface area contributed by atoms with Crippen LogP contribution >= 0.6 is 0 Å². The van der Waals surface area contributed by atoms with Gasteiger partial charge in [0.2, 0.25) is 5.91 Å². The van der Waals surface area contributed by atoms with Gasteiger partial charge in [-0.15, -0.1) is 0 Å². The molecule has 0 unspecified atom stereocenters. The zero-order valence-corrected chi connectivity index (χ0v) is 15.7. The number of ether oxygens (including phenoxy) is 1. The SMILES string of the molecule is C[C@@H](NC(=O)OC(C)(C)C)C(=O)NCc1ccccc1Cn1ccnc1. The Kier molecular flexibility index (Phi) is 6.38. The minimum atomic E-state index is -0.689. The molecule has 7 nitrogen and oxygen atoms in total. The number of imidazole rings is 1. The summed E-state index contributed by atoms with van der Waals surface area (Å²) in [6.45, 7) is 8.00. The molecule has 2 aromatic rings. The monoisotopic (exact) mass is 358 g/mol. The van der Waals surface area contributed by atoms with E-state index >= 15 is 0 Å². The fraction of sp³-hybridized carbons (Fsp3) is 0.421. The Balaban J connectivity index is 1.90. The number of aromatic nitrogens is 2. The van der Waals surface area contributed by atoms with E-state index < -0.39 is 17.7 Å². The first kappa shape index (κ1) is 19.5. The molecule has 0 saturated heterocycles. The smallest absolute Gasteiger partial charge is 0.408 e. The van der Waals surface area contributed by atoms with Crippen molar-refractivity contribution < 1.29 is 14.3 Å². The highest BCUT2D eigenvalue weighted by molar-refractivity contribution is 5.85. The van der Waals surface area contributed by atoms with Crippen LogP contribution in [0, 0.1) is 0 Å². The van der Waals surface area contributed by atoms with E-state index in [4.69, 9.17) is 4.74 Å². The van der Waals surface area contributed by atoms with Crippen LogP contribution < -0.4 is 10.6 Å².